The van der Waals surface area contributed by atoms with Crippen molar-refractivity contribution in [2.45, 2.75) is 45.8 Å². The Labute approximate surface area is 174 Å². The third kappa shape index (κ3) is 5.85. The predicted octanol–water partition coefficient (Wildman–Crippen LogP) is 3.24. The van der Waals surface area contributed by atoms with Gasteiger partial charge in [0.2, 0.25) is 0 Å². The Kier molecular flexibility index (Phi) is 6.95. The molecule has 0 saturated heterocycles. The number of aliphatic hydroxyl groups excluding tert-OH is 1. The summed E-state index contributed by atoms with van der Waals surface area (Å²) in [7, 11) is 0. The summed E-state index contributed by atoms with van der Waals surface area (Å²) in [5.41, 5.74) is 3.45. The predicted molar refractivity (Wildman–Crippen MR) is 109 cm³/mol. The van der Waals surface area contributed by atoms with Crippen molar-refractivity contribution in [3.05, 3.63) is 75.6 Å². The number of halogens is 1. The second-order valence-corrected chi connectivity index (χ2v) is 7.42. The number of hydrogen-bond donors (Lipinski definition) is 2. The lowest BCUT2D eigenvalue weighted by Crippen LogP contribution is -2.07. The third-order valence-corrected chi connectivity index (χ3v) is 4.83. The largest absolute Gasteiger partial charge is 0.478 e. The molecule has 0 amide bonds. The summed E-state index contributed by atoms with van der Waals surface area (Å²) < 4.78 is 2.02. The molecular formula is C21H23ClN4O3. The zero-order valence-corrected chi connectivity index (χ0v) is 16.9. The highest BCUT2D eigenvalue weighted by atomic mass is 35.5. The smallest absolute Gasteiger partial charge is 0.335 e. The topological polar surface area (TPSA) is 101 Å². The first kappa shape index (κ1) is 21.0. The Hall–Kier alpha value is -2.77. The summed E-state index contributed by atoms with van der Waals surface area (Å²) in [6.07, 6.45) is 4.58. The molecule has 0 atom stereocenters. The molecule has 1 aromatic carbocycles. The molecule has 0 spiro atoms. The maximum Gasteiger partial charge on any atom is 0.335 e. The summed E-state index contributed by atoms with van der Waals surface area (Å²) in [6.45, 7) is 2.49. The molecule has 0 aliphatic carbocycles. The first-order valence-electron chi connectivity index (χ1n) is 9.41. The van der Waals surface area contributed by atoms with Gasteiger partial charge in [-0.1, -0.05) is 17.7 Å². The molecule has 0 bridgehead atoms. The normalized spacial score (nSPS) is 11.0. The number of carboxylic acid groups (broad SMARTS) is 1. The summed E-state index contributed by atoms with van der Waals surface area (Å²) >= 11 is 6.13. The summed E-state index contributed by atoms with van der Waals surface area (Å²) in [6, 6.07) is 8.97. The lowest BCUT2D eigenvalue weighted by atomic mass is 10.1. The van der Waals surface area contributed by atoms with E-state index >= 15 is 0 Å². The van der Waals surface area contributed by atoms with Crippen LogP contribution in [0.15, 0.2) is 36.7 Å². The number of pyridine rings is 1. The molecule has 0 aliphatic heterocycles. The van der Waals surface area contributed by atoms with Crippen LogP contribution >= 0.6 is 11.6 Å². The van der Waals surface area contributed by atoms with Crippen molar-refractivity contribution in [3.8, 4) is 0 Å². The van der Waals surface area contributed by atoms with Crippen LogP contribution in [0.4, 0.5) is 0 Å². The first-order chi connectivity index (χ1) is 13.9. The highest BCUT2D eigenvalue weighted by Gasteiger charge is 2.10. The SMILES string of the molecule is Cc1cc(Cl)cc(CCn2cnnc2CCCc2cc(C(=O)O)cc(CO)n2)c1. The second-order valence-electron chi connectivity index (χ2n) is 6.98. The van der Waals surface area contributed by atoms with E-state index in [1.165, 1.54) is 11.6 Å². The van der Waals surface area contributed by atoms with Crippen LogP contribution < -0.4 is 0 Å². The molecule has 8 heteroatoms. The molecule has 152 valence electrons. The van der Waals surface area contributed by atoms with Gasteiger partial charge in [-0.05, 0) is 61.6 Å². The van der Waals surface area contributed by atoms with Gasteiger partial charge in [0.05, 0.1) is 17.9 Å². The Bertz CT molecular complexity index is 983. The number of nitrogens with zero attached hydrogens (tertiary/aromatic N) is 4. The van der Waals surface area contributed by atoms with E-state index in [9.17, 15) is 15.0 Å². The summed E-state index contributed by atoms with van der Waals surface area (Å²) in [4.78, 5) is 15.5. The third-order valence-electron chi connectivity index (χ3n) is 4.61. The van der Waals surface area contributed by atoms with Crippen molar-refractivity contribution < 1.29 is 15.0 Å². The number of carboxylic acids is 1. The molecule has 3 aromatic rings. The number of aryl methyl sites for hydroxylation is 5. The average molecular weight is 415 g/mol. The monoisotopic (exact) mass is 414 g/mol. The van der Waals surface area contributed by atoms with Crippen molar-refractivity contribution in [3.63, 3.8) is 0 Å². The van der Waals surface area contributed by atoms with Gasteiger partial charge in [-0.25, -0.2) is 4.79 Å². The van der Waals surface area contributed by atoms with Crippen molar-refractivity contribution in [1.29, 1.82) is 0 Å². The minimum absolute atomic E-state index is 0.138. The molecule has 0 radical (unpaired) electrons. The number of benzene rings is 1. The molecule has 3 rings (SSSR count). The Balaban J connectivity index is 1.59. The Morgan fingerprint density at radius 2 is 1.90 bits per heavy atom. The number of aliphatic hydroxyl groups is 1. The van der Waals surface area contributed by atoms with Gasteiger partial charge in [-0.2, -0.15) is 0 Å². The van der Waals surface area contributed by atoms with E-state index in [4.69, 9.17) is 11.6 Å². The van der Waals surface area contributed by atoms with Gasteiger partial charge in [0.1, 0.15) is 12.2 Å². The van der Waals surface area contributed by atoms with E-state index in [-0.39, 0.29) is 12.2 Å². The van der Waals surface area contributed by atoms with Crippen LogP contribution in [-0.4, -0.2) is 35.9 Å². The van der Waals surface area contributed by atoms with Crippen LogP contribution in [0.2, 0.25) is 5.02 Å². The van der Waals surface area contributed by atoms with E-state index in [0.29, 0.717) is 24.2 Å². The lowest BCUT2D eigenvalue weighted by Gasteiger charge is -2.09. The van der Waals surface area contributed by atoms with E-state index in [1.807, 2.05) is 23.6 Å². The zero-order chi connectivity index (χ0) is 20.8. The number of aromatic nitrogens is 4. The maximum absolute atomic E-state index is 11.2. The van der Waals surface area contributed by atoms with Gasteiger partial charge in [-0.15, -0.1) is 10.2 Å². The fourth-order valence-corrected chi connectivity index (χ4v) is 3.59. The maximum atomic E-state index is 11.2. The van der Waals surface area contributed by atoms with E-state index < -0.39 is 5.97 Å². The molecule has 7 nitrogen and oxygen atoms in total. The number of carbonyl (C=O) groups is 1. The minimum Gasteiger partial charge on any atom is -0.478 e. The van der Waals surface area contributed by atoms with Gasteiger partial charge in [-0.3, -0.25) is 4.98 Å². The molecule has 29 heavy (non-hydrogen) atoms. The highest BCUT2D eigenvalue weighted by Crippen LogP contribution is 2.16. The van der Waals surface area contributed by atoms with Crippen LogP contribution in [0.5, 0.6) is 0 Å². The molecule has 0 fully saturated rings. The number of aromatic carboxylic acids is 1. The highest BCUT2D eigenvalue weighted by molar-refractivity contribution is 6.30. The summed E-state index contributed by atoms with van der Waals surface area (Å²) in [5, 5.41) is 27.4. The number of hydrogen-bond acceptors (Lipinski definition) is 5. The van der Waals surface area contributed by atoms with Gasteiger partial charge in [0, 0.05) is 23.7 Å². The molecule has 0 saturated carbocycles. The zero-order valence-electron chi connectivity index (χ0n) is 16.2. The molecule has 0 unspecified atom stereocenters. The van der Waals surface area contributed by atoms with Gasteiger partial charge in [0.15, 0.2) is 0 Å². The Morgan fingerprint density at radius 3 is 2.62 bits per heavy atom. The van der Waals surface area contributed by atoms with Gasteiger partial charge in [0.25, 0.3) is 0 Å². The van der Waals surface area contributed by atoms with Crippen molar-refractivity contribution in [2.75, 3.05) is 0 Å². The van der Waals surface area contributed by atoms with Crippen LogP contribution in [0.25, 0.3) is 0 Å². The van der Waals surface area contributed by atoms with E-state index in [2.05, 4.69) is 21.2 Å². The molecule has 0 aliphatic rings. The lowest BCUT2D eigenvalue weighted by molar-refractivity contribution is 0.0696. The van der Waals surface area contributed by atoms with E-state index in [1.54, 1.807) is 12.4 Å². The molecule has 2 N–H and O–H groups in total. The minimum atomic E-state index is -1.03. The second kappa shape index (κ2) is 9.62. The first-order valence-corrected chi connectivity index (χ1v) is 9.79. The van der Waals surface area contributed by atoms with Crippen molar-refractivity contribution in [2.24, 2.45) is 0 Å². The Morgan fingerprint density at radius 1 is 1.10 bits per heavy atom. The average Bonchev–Trinajstić information content (AvgIpc) is 3.12. The quantitative estimate of drug-likeness (QED) is 0.557. The van der Waals surface area contributed by atoms with E-state index in [0.717, 1.165) is 35.8 Å². The summed E-state index contributed by atoms with van der Waals surface area (Å²) in [5.74, 6) is -0.153. The standard InChI is InChI=1S/C21H23ClN4O3/c1-14-7-15(9-17(22)8-14)5-6-26-13-23-25-20(26)4-2-3-18-10-16(21(28)29)11-19(12-27)24-18/h7-11,13,27H,2-6,12H2,1H3,(H,28,29). The number of rotatable bonds is 9. The molecular weight excluding hydrogens is 392 g/mol. The molecule has 2 aromatic heterocycles. The van der Waals surface area contributed by atoms with Crippen LogP contribution in [0.1, 0.15) is 45.1 Å². The van der Waals surface area contributed by atoms with Crippen molar-refractivity contribution >= 4 is 17.6 Å². The fourth-order valence-electron chi connectivity index (χ4n) is 3.28. The van der Waals surface area contributed by atoms with Crippen LogP contribution in [0.3, 0.4) is 0 Å². The van der Waals surface area contributed by atoms with Gasteiger partial charge < -0.3 is 14.8 Å². The van der Waals surface area contributed by atoms with Crippen molar-refractivity contribution in [1.82, 2.24) is 19.7 Å². The van der Waals surface area contributed by atoms with Crippen LogP contribution in [-0.2, 0) is 32.4 Å². The fraction of sp³-hybridized carbons (Fsp3) is 0.333. The van der Waals surface area contributed by atoms with Gasteiger partial charge >= 0.3 is 5.97 Å². The molecule has 2 heterocycles. The van der Waals surface area contributed by atoms with Crippen LogP contribution in [0, 0.1) is 6.92 Å².